The maximum Gasteiger partial charge on any atom is 0.254 e. The highest BCUT2D eigenvalue weighted by Gasteiger charge is 2.44. The number of rotatable bonds is 6. The summed E-state index contributed by atoms with van der Waals surface area (Å²) in [5.41, 5.74) is 1.11. The first-order valence-electron chi connectivity index (χ1n) is 10.0. The molecule has 0 saturated carbocycles. The van der Waals surface area contributed by atoms with Crippen molar-refractivity contribution in [2.45, 2.75) is 30.9 Å². The van der Waals surface area contributed by atoms with Crippen LogP contribution in [0.15, 0.2) is 29.6 Å². The van der Waals surface area contributed by atoms with Gasteiger partial charge in [-0.1, -0.05) is 6.07 Å². The van der Waals surface area contributed by atoms with E-state index in [-0.39, 0.29) is 17.9 Å². The second-order valence-electron chi connectivity index (χ2n) is 7.53. The van der Waals surface area contributed by atoms with Gasteiger partial charge in [0.1, 0.15) is 0 Å². The molecule has 2 aromatic rings. The fraction of sp³-hybridized carbons (Fsp3) is 0.455. The highest BCUT2D eigenvalue weighted by Crippen LogP contribution is 2.46. The number of fused-ring (bicyclic) bond motifs is 1. The molecule has 160 valence electrons. The third kappa shape index (κ3) is 3.65. The van der Waals surface area contributed by atoms with Gasteiger partial charge in [0.15, 0.2) is 11.5 Å². The largest absolute Gasteiger partial charge is 0.493 e. The van der Waals surface area contributed by atoms with Crippen LogP contribution in [0, 0.1) is 0 Å². The van der Waals surface area contributed by atoms with Gasteiger partial charge >= 0.3 is 0 Å². The molecule has 1 fully saturated rings. The van der Waals surface area contributed by atoms with Crippen LogP contribution in [0.2, 0.25) is 0 Å². The zero-order valence-corrected chi connectivity index (χ0v) is 18.2. The number of nitrogens with zero attached hydrogens (tertiary/aromatic N) is 1. The number of hydrogen-bond donors (Lipinski definition) is 1. The number of benzene rings is 1. The lowest BCUT2D eigenvalue weighted by molar-refractivity contribution is -0.124. The maximum atomic E-state index is 13.5. The molecular formula is C22H26N2O5S. The van der Waals surface area contributed by atoms with Crippen LogP contribution in [-0.2, 0) is 9.53 Å². The predicted octanol–water partition coefficient (Wildman–Crippen LogP) is 2.97. The Morgan fingerprint density at radius 3 is 2.70 bits per heavy atom. The summed E-state index contributed by atoms with van der Waals surface area (Å²) in [6.45, 7) is 1.20. The zero-order valence-electron chi connectivity index (χ0n) is 17.3. The van der Waals surface area contributed by atoms with Gasteiger partial charge < -0.3 is 24.4 Å². The molecule has 7 nitrogen and oxygen atoms in total. The van der Waals surface area contributed by atoms with Crippen molar-refractivity contribution in [3.05, 3.63) is 45.6 Å². The number of amides is 2. The molecule has 3 heterocycles. The number of hydrogen-bond acceptors (Lipinski definition) is 6. The molecule has 1 saturated heterocycles. The molecule has 0 spiro atoms. The minimum atomic E-state index is -0.567. The first-order valence-corrected chi connectivity index (χ1v) is 10.9. The van der Waals surface area contributed by atoms with E-state index >= 15 is 0 Å². The summed E-state index contributed by atoms with van der Waals surface area (Å²) in [5.74, 6) is 0.119. The van der Waals surface area contributed by atoms with E-state index < -0.39 is 12.0 Å². The number of likely N-dealkylation sites (N-methyl/N-ethyl adjacent to an activating group) is 1. The molecule has 8 heteroatoms. The fourth-order valence-corrected chi connectivity index (χ4v) is 5.18. The molecule has 1 N–H and O–H groups in total. The third-order valence-electron chi connectivity index (χ3n) is 5.82. The van der Waals surface area contributed by atoms with E-state index in [2.05, 4.69) is 5.32 Å². The predicted molar refractivity (Wildman–Crippen MR) is 113 cm³/mol. The van der Waals surface area contributed by atoms with Crippen LogP contribution < -0.4 is 14.8 Å². The Balaban J connectivity index is 1.76. The minimum absolute atomic E-state index is 0.0435. The van der Waals surface area contributed by atoms with Gasteiger partial charge in [-0.3, -0.25) is 9.59 Å². The Morgan fingerprint density at radius 2 is 2.07 bits per heavy atom. The lowest BCUT2D eigenvalue weighted by atomic mass is 9.81. The molecule has 0 radical (unpaired) electrons. The van der Waals surface area contributed by atoms with E-state index in [1.54, 1.807) is 31.2 Å². The molecular weight excluding hydrogens is 404 g/mol. The molecule has 30 heavy (non-hydrogen) atoms. The summed E-state index contributed by atoms with van der Waals surface area (Å²) in [6.07, 6.45) is 2.00. The van der Waals surface area contributed by atoms with Gasteiger partial charge in [-0.2, -0.15) is 0 Å². The maximum absolute atomic E-state index is 13.5. The van der Waals surface area contributed by atoms with Crippen molar-refractivity contribution in [1.29, 1.82) is 0 Å². The van der Waals surface area contributed by atoms with Gasteiger partial charge in [-0.25, -0.2) is 0 Å². The monoisotopic (exact) mass is 430 g/mol. The lowest BCUT2D eigenvalue weighted by Crippen LogP contribution is -2.46. The molecule has 2 amide bonds. The number of thiophene rings is 1. The average molecular weight is 431 g/mol. The van der Waals surface area contributed by atoms with Crippen LogP contribution in [0.4, 0.5) is 0 Å². The van der Waals surface area contributed by atoms with Crippen LogP contribution in [0.3, 0.4) is 0 Å². The first-order chi connectivity index (χ1) is 14.5. The van der Waals surface area contributed by atoms with Crippen molar-refractivity contribution < 1.29 is 23.8 Å². The molecule has 4 rings (SSSR count). The van der Waals surface area contributed by atoms with E-state index in [0.717, 1.165) is 24.3 Å². The van der Waals surface area contributed by atoms with Crippen molar-refractivity contribution in [3.8, 4) is 11.5 Å². The van der Waals surface area contributed by atoms with Crippen LogP contribution in [-0.4, -0.2) is 57.2 Å². The standard InChI is InChI=1S/C22H26N2O5S/c1-24-20(18-7-5-9-30-18)19(21(25)23-12-13-6-4-8-29-13)14-10-16(27-2)17(28-3)11-15(14)22(24)26/h5,7,9-11,13,19-20H,4,6,8,12H2,1-3H3,(H,23,25)/t13-,19+,20+/m1/s1. The van der Waals surface area contributed by atoms with Crippen molar-refractivity contribution >= 4 is 23.2 Å². The van der Waals surface area contributed by atoms with Crippen molar-refractivity contribution in [2.75, 3.05) is 34.4 Å². The first kappa shape index (κ1) is 20.7. The Morgan fingerprint density at radius 1 is 1.30 bits per heavy atom. The Kier molecular flexibility index (Phi) is 5.97. The molecule has 2 aliphatic heterocycles. The van der Waals surface area contributed by atoms with Crippen molar-refractivity contribution in [3.63, 3.8) is 0 Å². The number of ether oxygens (including phenoxy) is 3. The molecule has 0 aliphatic carbocycles. The number of methoxy groups -OCH3 is 2. The van der Waals surface area contributed by atoms with Crippen molar-refractivity contribution in [1.82, 2.24) is 10.2 Å². The summed E-state index contributed by atoms with van der Waals surface area (Å²) in [6, 6.07) is 6.93. The van der Waals surface area contributed by atoms with E-state index in [9.17, 15) is 9.59 Å². The van der Waals surface area contributed by atoms with Gasteiger partial charge in [0.25, 0.3) is 5.91 Å². The molecule has 0 unspecified atom stereocenters. The topological polar surface area (TPSA) is 77.1 Å². The third-order valence-corrected chi connectivity index (χ3v) is 6.76. The van der Waals surface area contributed by atoms with Gasteiger partial charge in [-0.05, 0) is 42.0 Å². The Bertz CT molecular complexity index is 924. The van der Waals surface area contributed by atoms with Gasteiger partial charge in [-0.15, -0.1) is 11.3 Å². The van der Waals surface area contributed by atoms with Crippen LogP contribution in [0.5, 0.6) is 11.5 Å². The smallest absolute Gasteiger partial charge is 0.254 e. The fourth-order valence-electron chi connectivity index (χ4n) is 4.28. The van der Waals surface area contributed by atoms with E-state index in [1.165, 1.54) is 18.4 Å². The summed E-state index contributed by atoms with van der Waals surface area (Å²) >= 11 is 1.54. The minimum Gasteiger partial charge on any atom is -0.493 e. The molecule has 2 aliphatic rings. The summed E-state index contributed by atoms with van der Waals surface area (Å²) in [5, 5.41) is 5.02. The molecule has 1 aromatic carbocycles. The average Bonchev–Trinajstić information content (AvgIpc) is 3.47. The van der Waals surface area contributed by atoms with E-state index in [0.29, 0.717) is 29.2 Å². The number of nitrogens with one attached hydrogen (secondary N) is 1. The lowest BCUT2D eigenvalue weighted by Gasteiger charge is -2.39. The van der Waals surface area contributed by atoms with Gasteiger partial charge in [0.2, 0.25) is 5.91 Å². The Hall–Kier alpha value is -2.58. The van der Waals surface area contributed by atoms with Crippen LogP contribution >= 0.6 is 11.3 Å². The van der Waals surface area contributed by atoms with Gasteiger partial charge in [0.05, 0.1) is 32.3 Å². The summed E-state index contributed by atoms with van der Waals surface area (Å²) in [4.78, 5) is 29.3. The number of carbonyl (C=O) groups excluding carboxylic acids is 2. The second-order valence-corrected chi connectivity index (χ2v) is 8.51. The normalized spacial score (nSPS) is 23.2. The molecule has 0 bridgehead atoms. The van der Waals surface area contributed by atoms with Crippen LogP contribution in [0.1, 0.15) is 45.6 Å². The summed E-state index contributed by atoms with van der Waals surface area (Å²) in [7, 11) is 4.82. The van der Waals surface area contributed by atoms with Crippen molar-refractivity contribution in [2.24, 2.45) is 0 Å². The SMILES string of the molecule is COc1cc2c(cc1OC)[C@H](C(=O)NC[C@H]1CCCO1)[C@H](c1cccs1)N(C)C2=O. The van der Waals surface area contributed by atoms with E-state index in [1.807, 2.05) is 17.5 Å². The molecule has 1 aromatic heterocycles. The second kappa shape index (κ2) is 8.65. The van der Waals surface area contributed by atoms with Crippen LogP contribution in [0.25, 0.3) is 0 Å². The quantitative estimate of drug-likeness (QED) is 0.763. The zero-order chi connectivity index (χ0) is 21.3. The van der Waals surface area contributed by atoms with Gasteiger partial charge in [0, 0.05) is 30.6 Å². The number of carbonyl (C=O) groups is 2. The summed E-state index contributed by atoms with van der Waals surface area (Å²) < 4.78 is 16.5. The highest BCUT2D eigenvalue weighted by molar-refractivity contribution is 7.10. The van der Waals surface area contributed by atoms with E-state index in [4.69, 9.17) is 14.2 Å². The molecule has 3 atom stereocenters. The highest BCUT2D eigenvalue weighted by atomic mass is 32.1. The Labute approximate surface area is 179 Å².